The molecule has 186 valence electrons. The summed E-state index contributed by atoms with van der Waals surface area (Å²) < 4.78 is 7.44. The number of rotatable bonds is 4. The lowest BCUT2D eigenvalue weighted by Crippen LogP contribution is -2.44. The van der Waals surface area contributed by atoms with E-state index in [0.717, 1.165) is 72.0 Å². The van der Waals surface area contributed by atoms with Gasteiger partial charge in [-0.15, -0.1) is 0 Å². The van der Waals surface area contributed by atoms with Crippen molar-refractivity contribution in [1.29, 1.82) is 0 Å². The van der Waals surface area contributed by atoms with E-state index in [1.165, 1.54) is 6.42 Å². The smallest absolute Gasteiger partial charge is 0.321 e. The number of hydrogen-bond donors (Lipinski definition) is 2. The van der Waals surface area contributed by atoms with Crippen LogP contribution in [-0.4, -0.2) is 74.8 Å². The summed E-state index contributed by atoms with van der Waals surface area (Å²) in [7, 11) is 0. The summed E-state index contributed by atoms with van der Waals surface area (Å²) in [5.74, 6) is 1.64. The van der Waals surface area contributed by atoms with Crippen LogP contribution in [0.1, 0.15) is 26.2 Å². The number of benzene rings is 1. The molecule has 0 bridgehead atoms. The number of carbonyl (C=O) groups excluding carboxylic acids is 1. The first kappa shape index (κ1) is 22.5. The maximum atomic E-state index is 12.6. The first-order valence-corrected chi connectivity index (χ1v) is 12.6. The van der Waals surface area contributed by atoms with E-state index in [2.05, 4.69) is 38.5 Å². The molecule has 5 heterocycles. The summed E-state index contributed by atoms with van der Waals surface area (Å²) in [5, 5.41) is 15.7. The second-order valence-corrected chi connectivity index (χ2v) is 9.44. The lowest BCUT2D eigenvalue weighted by molar-refractivity contribution is 0.0985. The number of piperidine rings is 1. The lowest BCUT2D eigenvalue weighted by Gasteiger charge is -2.34. The highest BCUT2D eigenvalue weighted by molar-refractivity contribution is 5.96. The third-order valence-corrected chi connectivity index (χ3v) is 6.99. The van der Waals surface area contributed by atoms with Crippen LogP contribution in [0.5, 0.6) is 0 Å². The number of ether oxygens (including phenoxy) is 1. The Morgan fingerprint density at radius 2 is 1.94 bits per heavy atom. The van der Waals surface area contributed by atoms with E-state index in [4.69, 9.17) is 9.72 Å². The number of urea groups is 1. The van der Waals surface area contributed by atoms with Gasteiger partial charge in [-0.25, -0.2) is 9.78 Å². The monoisotopic (exact) mass is 486 g/mol. The van der Waals surface area contributed by atoms with Crippen LogP contribution >= 0.6 is 0 Å². The first-order valence-electron chi connectivity index (χ1n) is 12.6. The Balaban J connectivity index is 1.36. The third kappa shape index (κ3) is 4.28. The van der Waals surface area contributed by atoms with Gasteiger partial charge in [0.15, 0.2) is 11.5 Å². The van der Waals surface area contributed by atoms with Crippen LogP contribution in [0.25, 0.3) is 28.0 Å². The Kier molecular flexibility index (Phi) is 6.02. The number of aromatic amines is 1. The molecule has 2 fully saturated rings. The second-order valence-electron chi connectivity index (χ2n) is 9.44. The highest BCUT2D eigenvalue weighted by Crippen LogP contribution is 2.34. The molecule has 1 atom stereocenters. The third-order valence-electron chi connectivity index (χ3n) is 6.99. The second kappa shape index (κ2) is 9.62. The first-order chi connectivity index (χ1) is 17.7. The van der Waals surface area contributed by atoms with Crippen molar-refractivity contribution in [1.82, 2.24) is 29.9 Å². The zero-order valence-electron chi connectivity index (χ0n) is 20.4. The van der Waals surface area contributed by atoms with Gasteiger partial charge in [0.05, 0.1) is 31.6 Å². The Bertz CT molecular complexity index is 1340. The lowest BCUT2D eigenvalue weighted by atomic mass is 10.0. The van der Waals surface area contributed by atoms with Crippen molar-refractivity contribution in [2.24, 2.45) is 0 Å². The van der Waals surface area contributed by atoms with Crippen LogP contribution in [0.4, 0.5) is 16.3 Å². The van der Waals surface area contributed by atoms with Crippen LogP contribution in [0, 0.1) is 0 Å². The van der Waals surface area contributed by atoms with E-state index in [0.29, 0.717) is 13.2 Å². The molecule has 2 N–H and O–H groups in total. The zero-order valence-corrected chi connectivity index (χ0v) is 20.4. The van der Waals surface area contributed by atoms with Gasteiger partial charge in [0.2, 0.25) is 0 Å². The van der Waals surface area contributed by atoms with Crippen molar-refractivity contribution in [2.75, 3.05) is 43.1 Å². The number of nitrogens with zero attached hydrogens (tertiary/aromatic N) is 6. The predicted octanol–water partition coefficient (Wildman–Crippen LogP) is 4.05. The summed E-state index contributed by atoms with van der Waals surface area (Å²) in [6.07, 6.45) is 6.88. The molecule has 0 saturated carbocycles. The molecular formula is C26H30N8O2. The SMILES string of the molecule is C[C@@H]1COCCN1c1cc(-c2ccc(NC(=O)N3CCCCC3)cc2)c2cnn(-c3ccn[nH]3)c2n1. The van der Waals surface area contributed by atoms with Crippen molar-refractivity contribution in [2.45, 2.75) is 32.2 Å². The minimum atomic E-state index is -0.0295. The number of nitrogens with one attached hydrogen (secondary N) is 2. The number of hydrogen-bond acceptors (Lipinski definition) is 6. The van der Waals surface area contributed by atoms with Gasteiger partial charge in [-0.3, -0.25) is 5.10 Å². The van der Waals surface area contributed by atoms with E-state index in [9.17, 15) is 4.79 Å². The van der Waals surface area contributed by atoms with E-state index in [1.54, 1.807) is 10.9 Å². The Hall–Kier alpha value is -3.92. The average molecular weight is 487 g/mol. The summed E-state index contributed by atoms with van der Waals surface area (Å²) in [6, 6.07) is 12.2. The minimum Gasteiger partial charge on any atom is -0.377 e. The van der Waals surface area contributed by atoms with Crippen LogP contribution in [-0.2, 0) is 4.74 Å². The number of amides is 2. The van der Waals surface area contributed by atoms with Crippen molar-refractivity contribution in [3.05, 3.63) is 48.8 Å². The van der Waals surface area contributed by atoms with Gasteiger partial charge in [0.1, 0.15) is 5.82 Å². The highest BCUT2D eigenvalue weighted by atomic mass is 16.5. The fourth-order valence-electron chi connectivity index (χ4n) is 5.02. The van der Waals surface area contributed by atoms with Gasteiger partial charge in [-0.2, -0.15) is 14.9 Å². The van der Waals surface area contributed by atoms with Crippen molar-refractivity contribution in [3.63, 3.8) is 0 Å². The molecule has 0 spiro atoms. The summed E-state index contributed by atoms with van der Waals surface area (Å²) >= 11 is 0. The quantitative estimate of drug-likeness (QED) is 0.451. The number of morpholine rings is 1. The largest absolute Gasteiger partial charge is 0.377 e. The average Bonchev–Trinajstić information content (AvgIpc) is 3.59. The Morgan fingerprint density at radius 1 is 1.11 bits per heavy atom. The molecule has 4 aromatic rings. The number of pyridine rings is 1. The molecule has 10 heteroatoms. The number of anilines is 2. The normalized spacial score (nSPS) is 18.5. The number of likely N-dealkylation sites (tertiary alicyclic amines) is 1. The maximum Gasteiger partial charge on any atom is 0.321 e. The molecule has 0 radical (unpaired) electrons. The van der Waals surface area contributed by atoms with Gasteiger partial charge in [-0.1, -0.05) is 12.1 Å². The van der Waals surface area contributed by atoms with Gasteiger partial charge in [0.25, 0.3) is 0 Å². The maximum absolute atomic E-state index is 12.6. The summed E-state index contributed by atoms with van der Waals surface area (Å²) in [4.78, 5) is 21.8. The van der Waals surface area contributed by atoms with E-state index >= 15 is 0 Å². The molecule has 1 aromatic carbocycles. The standard InChI is InChI=1S/C26H30N8O2/c1-18-17-36-14-13-33(18)24-15-21(22-16-28-34(25(22)30-24)23-9-10-27-31-23)19-5-7-20(8-6-19)29-26(35)32-11-3-2-4-12-32/h5-10,15-16,18H,2-4,11-14,17H2,1H3,(H,27,31)(H,29,35)/t18-/m1/s1. The molecule has 2 aliphatic heterocycles. The van der Waals surface area contributed by atoms with Crippen LogP contribution in [0.3, 0.4) is 0 Å². The van der Waals surface area contributed by atoms with Crippen molar-refractivity contribution >= 4 is 28.6 Å². The topological polar surface area (TPSA) is 104 Å². The zero-order chi connectivity index (χ0) is 24.5. The number of carbonyl (C=O) groups is 1. The van der Waals surface area contributed by atoms with Crippen LogP contribution in [0.15, 0.2) is 48.8 Å². The van der Waals surface area contributed by atoms with Gasteiger partial charge >= 0.3 is 6.03 Å². The van der Waals surface area contributed by atoms with Crippen molar-refractivity contribution in [3.8, 4) is 16.9 Å². The molecule has 2 saturated heterocycles. The summed E-state index contributed by atoms with van der Waals surface area (Å²) in [5.41, 5.74) is 3.61. The minimum absolute atomic E-state index is 0.0295. The Morgan fingerprint density at radius 3 is 2.69 bits per heavy atom. The van der Waals surface area contributed by atoms with Gasteiger partial charge in [-0.05, 0) is 55.5 Å². The molecule has 6 rings (SSSR count). The molecule has 0 unspecified atom stereocenters. The van der Waals surface area contributed by atoms with E-state index in [-0.39, 0.29) is 12.1 Å². The molecule has 3 aromatic heterocycles. The van der Waals surface area contributed by atoms with Crippen LogP contribution in [0.2, 0.25) is 0 Å². The molecule has 2 amide bonds. The molecule has 10 nitrogen and oxygen atoms in total. The predicted molar refractivity (Wildman–Crippen MR) is 139 cm³/mol. The molecule has 0 aliphatic carbocycles. The summed E-state index contributed by atoms with van der Waals surface area (Å²) in [6.45, 7) is 5.91. The number of fused-ring (bicyclic) bond motifs is 1. The number of H-pyrrole nitrogens is 1. The molecule has 36 heavy (non-hydrogen) atoms. The van der Waals surface area contributed by atoms with Gasteiger partial charge < -0.3 is 19.9 Å². The van der Waals surface area contributed by atoms with Crippen molar-refractivity contribution < 1.29 is 9.53 Å². The number of aromatic nitrogens is 5. The fourth-order valence-corrected chi connectivity index (χ4v) is 5.02. The molecule has 2 aliphatic rings. The highest BCUT2D eigenvalue weighted by Gasteiger charge is 2.23. The van der Waals surface area contributed by atoms with E-state index in [1.807, 2.05) is 41.4 Å². The molecular weight excluding hydrogens is 456 g/mol. The fraction of sp³-hybridized carbons (Fsp3) is 0.385. The van der Waals surface area contributed by atoms with E-state index < -0.39 is 0 Å². The van der Waals surface area contributed by atoms with Crippen LogP contribution < -0.4 is 10.2 Å². The van der Waals surface area contributed by atoms with Gasteiger partial charge in [0, 0.05) is 36.8 Å². The Labute approximate surface area is 209 Å².